The molecule has 0 spiro atoms. The first-order chi connectivity index (χ1) is 8.16. The largest absolute Gasteiger partial charge is 0.0853 e. The van der Waals surface area contributed by atoms with Gasteiger partial charge in [0.15, 0.2) is 0 Å². The van der Waals surface area contributed by atoms with E-state index in [1.165, 1.54) is 24.1 Å². The van der Waals surface area contributed by atoms with Crippen molar-refractivity contribution in [2.45, 2.75) is 70.5 Å². The number of hydrogen-bond acceptors (Lipinski definition) is 0. The van der Waals surface area contributed by atoms with Gasteiger partial charge in [-0.2, -0.15) is 0 Å². The highest BCUT2D eigenvalue weighted by molar-refractivity contribution is 6.93. The highest BCUT2D eigenvalue weighted by Gasteiger charge is 2.51. The molecule has 0 radical (unpaired) electrons. The quantitative estimate of drug-likeness (QED) is 0.610. The molecule has 98 valence electrons. The van der Waals surface area contributed by atoms with E-state index >= 15 is 0 Å². The first-order valence-corrected chi connectivity index (χ1v) is 10.2. The van der Waals surface area contributed by atoms with Gasteiger partial charge in [-0.1, -0.05) is 63.2 Å². The zero-order valence-corrected chi connectivity index (χ0v) is 13.8. The Morgan fingerprint density at radius 1 is 1.00 bits per heavy atom. The molecular weight excluding hydrogens is 232 g/mol. The Morgan fingerprint density at radius 2 is 1.56 bits per heavy atom. The van der Waals surface area contributed by atoms with Gasteiger partial charge in [-0.15, -0.1) is 0 Å². The summed E-state index contributed by atoms with van der Waals surface area (Å²) in [7, 11) is -1.19. The number of aryl methyl sites for hydroxylation is 1. The van der Waals surface area contributed by atoms with Gasteiger partial charge in [-0.3, -0.25) is 0 Å². The summed E-state index contributed by atoms with van der Waals surface area (Å²) in [5.74, 6) is 0. The molecule has 1 aromatic carbocycles. The summed E-state index contributed by atoms with van der Waals surface area (Å²) in [6.45, 7) is 14.7. The van der Waals surface area contributed by atoms with Crippen molar-refractivity contribution < 1.29 is 0 Å². The average Bonchev–Trinajstić information content (AvgIpc) is 2.43. The molecule has 0 aliphatic carbocycles. The Bertz CT molecular complexity index is 525. The normalized spacial score (nSPS) is 31.2. The smallest absolute Gasteiger partial charge is 0.0652 e. The lowest BCUT2D eigenvalue weighted by Gasteiger charge is -2.40. The van der Waals surface area contributed by atoms with E-state index in [0.29, 0.717) is 10.8 Å². The van der Waals surface area contributed by atoms with Gasteiger partial charge in [0.25, 0.3) is 0 Å². The van der Waals surface area contributed by atoms with Gasteiger partial charge < -0.3 is 0 Å². The van der Waals surface area contributed by atoms with E-state index < -0.39 is 8.07 Å². The first-order valence-electron chi connectivity index (χ1n) is 7.32. The van der Waals surface area contributed by atoms with Crippen LogP contribution in [0.3, 0.4) is 0 Å². The molecule has 3 rings (SSSR count). The van der Waals surface area contributed by atoms with Crippen molar-refractivity contribution >= 4 is 13.3 Å². The zero-order chi connectivity index (χ0) is 13.3. The van der Waals surface area contributed by atoms with Crippen LogP contribution in [0.25, 0.3) is 0 Å². The Morgan fingerprint density at radius 3 is 2.17 bits per heavy atom. The minimum atomic E-state index is -1.19. The van der Waals surface area contributed by atoms with Crippen LogP contribution in [0.5, 0.6) is 0 Å². The summed E-state index contributed by atoms with van der Waals surface area (Å²) >= 11 is 0. The van der Waals surface area contributed by atoms with Crippen LogP contribution < -0.4 is 5.19 Å². The third kappa shape index (κ3) is 1.49. The summed E-state index contributed by atoms with van der Waals surface area (Å²) in [6.07, 6.45) is 1.39. The second kappa shape index (κ2) is 3.30. The van der Waals surface area contributed by atoms with Crippen LogP contribution in [0, 0.1) is 6.92 Å². The van der Waals surface area contributed by atoms with Crippen LogP contribution in [0.15, 0.2) is 12.1 Å². The maximum Gasteiger partial charge on any atom is 0.0853 e. The molecule has 2 heterocycles. The number of benzene rings is 1. The van der Waals surface area contributed by atoms with E-state index in [0.717, 1.165) is 0 Å². The average molecular weight is 258 g/mol. The summed E-state index contributed by atoms with van der Waals surface area (Å²) in [5, 5.41) is 1.84. The summed E-state index contributed by atoms with van der Waals surface area (Å²) in [4.78, 5) is 0. The molecule has 1 unspecified atom stereocenters. The Kier molecular flexibility index (Phi) is 2.29. The monoisotopic (exact) mass is 258 g/mol. The lowest BCUT2D eigenvalue weighted by Crippen LogP contribution is -2.51. The van der Waals surface area contributed by atoms with Gasteiger partial charge in [0.2, 0.25) is 0 Å². The molecule has 1 aromatic rings. The second-order valence-electron chi connectivity index (χ2n) is 8.24. The Hall–Kier alpha value is -0.563. The zero-order valence-electron chi connectivity index (χ0n) is 12.8. The van der Waals surface area contributed by atoms with E-state index in [-0.39, 0.29) is 0 Å². The Labute approximate surface area is 113 Å². The predicted octanol–water partition coefficient (Wildman–Crippen LogP) is 4.25. The molecule has 0 amide bonds. The van der Waals surface area contributed by atoms with Crippen LogP contribution in [0.2, 0.25) is 18.6 Å². The van der Waals surface area contributed by atoms with Crippen LogP contribution in [-0.2, 0) is 10.8 Å². The summed E-state index contributed by atoms with van der Waals surface area (Å²) in [6, 6.07) is 7.93. The fraction of sp³-hybridized carbons (Fsp3) is 0.647. The molecule has 0 N–H and O–H groups in total. The van der Waals surface area contributed by atoms with Crippen molar-refractivity contribution in [1.82, 2.24) is 0 Å². The highest BCUT2D eigenvalue weighted by atomic mass is 28.3. The minimum absolute atomic E-state index is 0.392. The second-order valence-corrected chi connectivity index (χ2v) is 12.7. The van der Waals surface area contributed by atoms with Gasteiger partial charge in [0, 0.05) is 0 Å². The molecule has 0 aromatic heterocycles. The predicted molar refractivity (Wildman–Crippen MR) is 82.7 cm³/mol. The van der Waals surface area contributed by atoms with E-state index in [9.17, 15) is 0 Å². The summed E-state index contributed by atoms with van der Waals surface area (Å²) in [5.41, 5.74) is 5.66. The first kappa shape index (κ1) is 12.5. The van der Waals surface area contributed by atoms with E-state index in [2.05, 4.69) is 53.3 Å². The van der Waals surface area contributed by atoms with Crippen molar-refractivity contribution in [1.29, 1.82) is 0 Å². The molecule has 1 atom stereocenters. The van der Waals surface area contributed by atoms with Crippen molar-refractivity contribution in [3.8, 4) is 0 Å². The van der Waals surface area contributed by atoms with Gasteiger partial charge in [-0.05, 0) is 41.3 Å². The standard InChI is InChI=1S/C17H26Si/c1-12-9-13-15-14(10-12)17(4,5)11-18(15,6)8-7-16(13,2)3/h9-10H,7-8,11H2,1-6H3. The number of rotatable bonds is 0. The van der Waals surface area contributed by atoms with Crippen molar-refractivity contribution in [3.05, 3.63) is 28.8 Å². The van der Waals surface area contributed by atoms with Crippen LogP contribution in [-0.4, -0.2) is 8.07 Å². The fourth-order valence-electron chi connectivity index (χ4n) is 4.60. The van der Waals surface area contributed by atoms with Crippen molar-refractivity contribution in [2.75, 3.05) is 0 Å². The van der Waals surface area contributed by atoms with Gasteiger partial charge in [-0.25, -0.2) is 0 Å². The van der Waals surface area contributed by atoms with Gasteiger partial charge in [0.1, 0.15) is 0 Å². The van der Waals surface area contributed by atoms with E-state index in [4.69, 9.17) is 0 Å². The van der Waals surface area contributed by atoms with E-state index in [1.807, 2.05) is 5.19 Å². The topological polar surface area (TPSA) is 0 Å². The van der Waals surface area contributed by atoms with Crippen molar-refractivity contribution in [2.24, 2.45) is 0 Å². The molecule has 0 bridgehead atoms. The van der Waals surface area contributed by atoms with Crippen LogP contribution in [0.1, 0.15) is 50.8 Å². The molecule has 18 heavy (non-hydrogen) atoms. The fourth-order valence-corrected chi connectivity index (χ4v) is 10.6. The molecule has 0 saturated heterocycles. The molecule has 2 aliphatic rings. The number of hydrogen-bond donors (Lipinski definition) is 0. The molecule has 0 saturated carbocycles. The van der Waals surface area contributed by atoms with Gasteiger partial charge >= 0.3 is 0 Å². The molecule has 0 nitrogen and oxygen atoms in total. The molecule has 1 heteroatoms. The minimum Gasteiger partial charge on any atom is -0.0652 e. The third-order valence-electron chi connectivity index (χ3n) is 5.48. The van der Waals surface area contributed by atoms with Crippen molar-refractivity contribution in [3.63, 3.8) is 0 Å². The molecular formula is C17H26Si. The summed E-state index contributed by atoms with van der Waals surface area (Å²) < 4.78 is 0. The SMILES string of the molecule is Cc1cc2c3c(c1)C(C)(C)C[Si]3(C)CCC2(C)C. The third-order valence-corrected chi connectivity index (χ3v) is 10.2. The van der Waals surface area contributed by atoms with Gasteiger partial charge in [0.05, 0.1) is 8.07 Å². The lowest BCUT2D eigenvalue weighted by molar-refractivity contribution is 0.498. The maximum atomic E-state index is 2.63. The van der Waals surface area contributed by atoms with Crippen LogP contribution in [0.4, 0.5) is 0 Å². The molecule has 2 aliphatic heterocycles. The van der Waals surface area contributed by atoms with Crippen LogP contribution >= 0.6 is 0 Å². The Balaban J connectivity index is 2.37. The molecule has 0 fully saturated rings. The lowest BCUT2D eigenvalue weighted by atomic mass is 9.77. The maximum absolute atomic E-state index is 2.63. The van der Waals surface area contributed by atoms with E-state index in [1.54, 1.807) is 11.1 Å². The highest BCUT2D eigenvalue weighted by Crippen LogP contribution is 2.49.